The van der Waals surface area contributed by atoms with Crippen molar-refractivity contribution < 1.29 is 14.3 Å². The summed E-state index contributed by atoms with van der Waals surface area (Å²) in [5.74, 6) is 0.375. The van der Waals surface area contributed by atoms with Crippen molar-refractivity contribution in [2.24, 2.45) is 0 Å². The van der Waals surface area contributed by atoms with Crippen molar-refractivity contribution in [2.75, 3.05) is 0 Å². The summed E-state index contributed by atoms with van der Waals surface area (Å²) >= 11 is 5.83. The Labute approximate surface area is 129 Å². The van der Waals surface area contributed by atoms with Gasteiger partial charge in [0, 0.05) is 5.02 Å². The Morgan fingerprint density at radius 1 is 1.05 bits per heavy atom. The molecule has 110 valence electrons. The fourth-order valence-corrected chi connectivity index (χ4v) is 1.84. The standard InChI is InChI=1S/C17H17ClO3/c1-12(2)21-17(19)14-5-9-16(10-6-14)20-11-13-3-7-15(18)8-4-13/h3-10,12H,11H2,1-2H3. The molecule has 3 nitrogen and oxygen atoms in total. The van der Waals surface area contributed by atoms with Gasteiger partial charge in [0.05, 0.1) is 11.7 Å². The highest BCUT2D eigenvalue weighted by Crippen LogP contribution is 2.16. The molecule has 0 aliphatic carbocycles. The first-order valence-electron chi connectivity index (χ1n) is 6.73. The van der Waals surface area contributed by atoms with Gasteiger partial charge in [-0.05, 0) is 55.8 Å². The second kappa shape index (κ2) is 7.14. The third-order valence-electron chi connectivity index (χ3n) is 2.75. The van der Waals surface area contributed by atoms with Gasteiger partial charge in [-0.25, -0.2) is 4.79 Å². The lowest BCUT2D eigenvalue weighted by Crippen LogP contribution is -2.11. The first-order valence-corrected chi connectivity index (χ1v) is 7.10. The molecule has 0 radical (unpaired) electrons. The molecule has 0 saturated carbocycles. The minimum atomic E-state index is -0.325. The quantitative estimate of drug-likeness (QED) is 0.764. The second-order valence-corrected chi connectivity index (χ2v) is 5.33. The van der Waals surface area contributed by atoms with Crippen LogP contribution >= 0.6 is 11.6 Å². The summed E-state index contributed by atoms with van der Waals surface area (Å²) in [6, 6.07) is 14.4. The molecule has 2 aromatic carbocycles. The van der Waals surface area contributed by atoms with Crippen molar-refractivity contribution >= 4 is 17.6 Å². The number of rotatable bonds is 5. The van der Waals surface area contributed by atoms with E-state index in [1.54, 1.807) is 24.3 Å². The lowest BCUT2D eigenvalue weighted by Gasteiger charge is -2.09. The van der Waals surface area contributed by atoms with Crippen LogP contribution in [0.3, 0.4) is 0 Å². The van der Waals surface area contributed by atoms with E-state index in [2.05, 4.69) is 0 Å². The van der Waals surface area contributed by atoms with Crippen LogP contribution < -0.4 is 4.74 Å². The summed E-state index contributed by atoms with van der Waals surface area (Å²) in [6.07, 6.45) is -0.127. The lowest BCUT2D eigenvalue weighted by atomic mass is 10.2. The third kappa shape index (κ3) is 4.80. The molecule has 2 aromatic rings. The molecule has 0 N–H and O–H groups in total. The Bertz CT molecular complexity index is 588. The number of carbonyl (C=O) groups excluding carboxylic acids is 1. The predicted octanol–water partition coefficient (Wildman–Crippen LogP) is 4.48. The van der Waals surface area contributed by atoms with E-state index in [0.717, 1.165) is 5.56 Å². The maximum absolute atomic E-state index is 11.7. The van der Waals surface area contributed by atoms with E-state index in [-0.39, 0.29) is 12.1 Å². The number of benzene rings is 2. The minimum absolute atomic E-state index is 0.127. The van der Waals surface area contributed by atoms with Gasteiger partial charge in [-0.2, -0.15) is 0 Å². The van der Waals surface area contributed by atoms with Crippen molar-refractivity contribution in [3.8, 4) is 5.75 Å². The van der Waals surface area contributed by atoms with Crippen LogP contribution in [0, 0.1) is 0 Å². The van der Waals surface area contributed by atoms with Gasteiger partial charge in [-0.1, -0.05) is 23.7 Å². The van der Waals surface area contributed by atoms with Gasteiger partial charge in [-0.3, -0.25) is 0 Å². The Kier molecular flexibility index (Phi) is 5.23. The zero-order valence-corrected chi connectivity index (χ0v) is 12.8. The van der Waals surface area contributed by atoms with Crippen molar-refractivity contribution in [3.63, 3.8) is 0 Å². The van der Waals surface area contributed by atoms with Gasteiger partial charge >= 0.3 is 5.97 Å². The molecule has 0 bridgehead atoms. The van der Waals surface area contributed by atoms with Gasteiger partial charge in [0.25, 0.3) is 0 Å². The number of hydrogen-bond acceptors (Lipinski definition) is 3. The average Bonchev–Trinajstić information content (AvgIpc) is 2.46. The first kappa shape index (κ1) is 15.4. The summed E-state index contributed by atoms with van der Waals surface area (Å²) in [6.45, 7) is 4.09. The van der Waals surface area contributed by atoms with E-state index >= 15 is 0 Å². The number of carbonyl (C=O) groups is 1. The second-order valence-electron chi connectivity index (χ2n) is 4.89. The van der Waals surface area contributed by atoms with Crippen LogP contribution in [0.25, 0.3) is 0 Å². The van der Waals surface area contributed by atoms with E-state index in [1.807, 2.05) is 38.1 Å². The molecule has 0 atom stereocenters. The maximum atomic E-state index is 11.7. The van der Waals surface area contributed by atoms with Gasteiger partial charge in [0.2, 0.25) is 0 Å². The summed E-state index contributed by atoms with van der Waals surface area (Å²) in [4.78, 5) is 11.7. The smallest absolute Gasteiger partial charge is 0.338 e. The van der Waals surface area contributed by atoms with Crippen LogP contribution in [0.15, 0.2) is 48.5 Å². The van der Waals surface area contributed by atoms with E-state index in [1.165, 1.54) is 0 Å². The molecule has 2 rings (SSSR count). The summed E-state index contributed by atoms with van der Waals surface area (Å²) in [7, 11) is 0. The average molecular weight is 305 g/mol. The Balaban J connectivity index is 1.93. The predicted molar refractivity (Wildman–Crippen MR) is 82.8 cm³/mol. The topological polar surface area (TPSA) is 35.5 Å². The molecule has 0 aliphatic heterocycles. The zero-order chi connectivity index (χ0) is 15.2. The van der Waals surface area contributed by atoms with Crippen molar-refractivity contribution in [2.45, 2.75) is 26.6 Å². The van der Waals surface area contributed by atoms with Gasteiger partial charge < -0.3 is 9.47 Å². The molecule has 0 fully saturated rings. The molecule has 0 aromatic heterocycles. The first-order chi connectivity index (χ1) is 10.0. The molecule has 0 unspecified atom stereocenters. The van der Waals surface area contributed by atoms with Crippen LogP contribution in [0.5, 0.6) is 5.75 Å². The molecule has 21 heavy (non-hydrogen) atoms. The largest absolute Gasteiger partial charge is 0.489 e. The Morgan fingerprint density at radius 3 is 2.24 bits per heavy atom. The van der Waals surface area contributed by atoms with Crippen molar-refractivity contribution in [3.05, 3.63) is 64.7 Å². The third-order valence-corrected chi connectivity index (χ3v) is 3.00. The van der Waals surface area contributed by atoms with E-state index in [9.17, 15) is 4.79 Å². The fraction of sp³-hybridized carbons (Fsp3) is 0.235. The van der Waals surface area contributed by atoms with E-state index < -0.39 is 0 Å². The normalized spacial score (nSPS) is 10.5. The van der Waals surface area contributed by atoms with Crippen LogP contribution in [0.4, 0.5) is 0 Å². The minimum Gasteiger partial charge on any atom is -0.489 e. The molecule has 0 amide bonds. The van der Waals surface area contributed by atoms with Gasteiger partial charge in [0.15, 0.2) is 0 Å². The van der Waals surface area contributed by atoms with Gasteiger partial charge in [0.1, 0.15) is 12.4 Å². The Morgan fingerprint density at radius 2 is 1.67 bits per heavy atom. The molecule has 0 spiro atoms. The highest BCUT2D eigenvalue weighted by atomic mass is 35.5. The number of esters is 1. The highest BCUT2D eigenvalue weighted by molar-refractivity contribution is 6.30. The van der Waals surface area contributed by atoms with Crippen LogP contribution in [0.2, 0.25) is 5.02 Å². The molecule has 4 heteroatoms. The monoisotopic (exact) mass is 304 g/mol. The summed E-state index contributed by atoms with van der Waals surface area (Å²) < 4.78 is 10.8. The maximum Gasteiger partial charge on any atom is 0.338 e. The van der Waals surface area contributed by atoms with Crippen LogP contribution in [0.1, 0.15) is 29.8 Å². The van der Waals surface area contributed by atoms with Crippen LogP contribution in [-0.2, 0) is 11.3 Å². The number of ether oxygens (including phenoxy) is 2. The highest BCUT2D eigenvalue weighted by Gasteiger charge is 2.08. The summed E-state index contributed by atoms with van der Waals surface area (Å²) in [5.41, 5.74) is 1.55. The molecular formula is C17H17ClO3. The molecule has 0 heterocycles. The number of halogens is 1. The molecule has 0 aliphatic rings. The van der Waals surface area contributed by atoms with E-state index in [0.29, 0.717) is 22.9 Å². The molecule has 0 saturated heterocycles. The van der Waals surface area contributed by atoms with Gasteiger partial charge in [-0.15, -0.1) is 0 Å². The van der Waals surface area contributed by atoms with E-state index in [4.69, 9.17) is 21.1 Å². The van der Waals surface area contributed by atoms with Crippen molar-refractivity contribution in [1.29, 1.82) is 0 Å². The number of hydrogen-bond donors (Lipinski definition) is 0. The molecular weight excluding hydrogens is 288 g/mol. The van der Waals surface area contributed by atoms with Crippen molar-refractivity contribution in [1.82, 2.24) is 0 Å². The zero-order valence-electron chi connectivity index (χ0n) is 12.0. The SMILES string of the molecule is CC(C)OC(=O)c1ccc(OCc2ccc(Cl)cc2)cc1. The van der Waals surface area contributed by atoms with Crippen LogP contribution in [-0.4, -0.2) is 12.1 Å². The lowest BCUT2D eigenvalue weighted by molar-refractivity contribution is 0.0378. The fourth-order valence-electron chi connectivity index (χ4n) is 1.72. The summed E-state index contributed by atoms with van der Waals surface area (Å²) in [5, 5.41) is 0.701. The Hall–Kier alpha value is -2.00.